The number of hydrogen-bond donors (Lipinski definition) is 0. The Hall–Kier alpha value is -2.80. The molecular formula is C22H22N2O2S. The van der Waals surface area contributed by atoms with Gasteiger partial charge in [-0.05, 0) is 36.1 Å². The first-order valence-electron chi connectivity index (χ1n) is 8.51. The second-order valence-electron chi connectivity index (χ2n) is 6.07. The van der Waals surface area contributed by atoms with Crippen LogP contribution < -0.4 is 0 Å². The summed E-state index contributed by atoms with van der Waals surface area (Å²) in [7, 11) is 1.31. The zero-order valence-corrected chi connectivity index (χ0v) is 16.3. The van der Waals surface area contributed by atoms with Gasteiger partial charge in [0.15, 0.2) is 0 Å². The van der Waals surface area contributed by atoms with Crippen molar-refractivity contribution in [2.75, 3.05) is 19.2 Å². The van der Waals surface area contributed by atoms with Gasteiger partial charge in [0.25, 0.3) is 0 Å². The van der Waals surface area contributed by atoms with Crippen molar-refractivity contribution in [1.29, 1.82) is 5.26 Å². The molecule has 4 nitrogen and oxygen atoms in total. The van der Waals surface area contributed by atoms with Gasteiger partial charge in [0.1, 0.15) is 11.0 Å². The molecule has 0 aromatic heterocycles. The van der Waals surface area contributed by atoms with Crippen LogP contribution in [0.4, 0.5) is 0 Å². The predicted octanol–water partition coefficient (Wildman–Crippen LogP) is 4.07. The Morgan fingerprint density at radius 2 is 1.59 bits per heavy atom. The minimum absolute atomic E-state index is 0.161. The van der Waals surface area contributed by atoms with Gasteiger partial charge in [-0.15, -0.1) is 11.8 Å². The van der Waals surface area contributed by atoms with E-state index in [0.717, 1.165) is 11.1 Å². The molecule has 0 saturated heterocycles. The standard InChI is InChI=1S/C22H22N2O2S/c1-26-21(25)20(15-24-17-27-2)22(16-23,13-18-9-5-3-6-10-18)14-19-11-7-4-8-12-19/h3-12H,13-14,17H2,1-2H3. The Kier molecular flexibility index (Phi) is 7.88. The fourth-order valence-electron chi connectivity index (χ4n) is 2.89. The average molecular weight is 378 g/mol. The molecule has 138 valence electrons. The fraction of sp³-hybridized carbons (Fsp3) is 0.273. The SMILES string of the molecule is COC(=O)C(=C=NCSC)C(C#N)(Cc1ccccc1)Cc1ccccc1. The number of esters is 1. The van der Waals surface area contributed by atoms with Gasteiger partial charge >= 0.3 is 5.97 Å². The van der Waals surface area contributed by atoms with Crippen LogP contribution in [-0.4, -0.2) is 31.1 Å². The van der Waals surface area contributed by atoms with Crippen molar-refractivity contribution in [3.63, 3.8) is 0 Å². The maximum Gasteiger partial charge on any atom is 0.344 e. The van der Waals surface area contributed by atoms with Gasteiger partial charge in [0.05, 0.1) is 19.1 Å². The molecular weight excluding hydrogens is 356 g/mol. The van der Waals surface area contributed by atoms with Crippen molar-refractivity contribution in [2.45, 2.75) is 12.8 Å². The highest BCUT2D eigenvalue weighted by molar-refractivity contribution is 7.98. The molecule has 0 amide bonds. The van der Waals surface area contributed by atoms with E-state index in [9.17, 15) is 10.1 Å². The van der Waals surface area contributed by atoms with Crippen LogP contribution in [0.1, 0.15) is 11.1 Å². The molecule has 0 aliphatic carbocycles. The zero-order chi connectivity index (χ0) is 19.5. The second kappa shape index (κ2) is 10.4. The summed E-state index contributed by atoms with van der Waals surface area (Å²) < 4.78 is 4.97. The summed E-state index contributed by atoms with van der Waals surface area (Å²) in [6, 6.07) is 21.7. The van der Waals surface area contributed by atoms with Crippen molar-refractivity contribution >= 4 is 23.6 Å². The number of nitriles is 1. The minimum atomic E-state index is -1.13. The Morgan fingerprint density at radius 1 is 1.07 bits per heavy atom. The summed E-state index contributed by atoms with van der Waals surface area (Å²) in [6.07, 6.45) is 2.64. The number of thioether (sulfide) groups is 1. The average Bonchev–Trinajstić information content (AvgIpc) is 2.72. The third-order valence-corrected chi connectivity index (χ3v) is 4.55. The first kappa shape index (κ1) is 20.5. The van der Waals surface area contributed by atoms with Gasteiger partial charge in [-0.2, -0.15) is 5.26 Å². The number of nitrogens with zero attached hydrogens (tertiary/aromatic N) is 2. The lowest BCUT2D eigenvalue weighted by Crippen LogP contribution is -2.32. The Labute approximate surface area is 164 Å². The fourth-order valence-corrected chi connectivity index (χ4v) is 3.08. The van der Waals surface area contributed by atoms with Crippen LogP contribution in [0, 0.1) is 16.7 Å². The Balaban J connectivity index is 2.59. The van der Waals surface area contributed by atoms with Crippen molar-refractivity contribution in [1.82, 2.24) is 0 Å². The highest BCUT2D eigenvalue weighted by Crippen LogP contribution is 2.35. The van der Waals surface area contributed by atoms with Crippen LogP contribution in [0.3, 0.4) is 0 Å². The summed E-state index contributed by atoms with van der Waals surface area (Å²) in [5.41, 5.74) is 0.956. The van der Waals surface area contributed by atoms with E-state index in [1.807, 2.05) is 66.9 Å². The van der Waals surface area contributed by atoms with E-state index < -0.39 is 11.4 Å². The molecule has 0 heterocycles. The molecule has 0 unspecified atom stereocenters. The number of rotatable bonds is 8. The van der Waals surface area contributed by atoms with Gasteiger partial charge in [-0.25, -0.2) is 9.79 Å². The molecule has 0 aliphatic rings. The summed E-state index contributed by atoms with van der Waals surface area (Å²) in [5.74, 6) is 2.71. The third kappa shape index (κ3) is 5.59. The molecule has 0 atom stereocenters. The number of benzene rings is 2. The van der Waals surface area contributed by atoms with Crippen LogP contribution in [-0.2, 0) is 22.4 Å². The second-order valence-corrected chi connectivity index (χ2v) is 6.91. The zero-order valence-electron chi connectivity index (χ0n) is 15.5. The molecule has 2 aromatic carbocycles. The molecule has 0 spiro atoms. The van der Waals surface area contributed by atoms with Crippen molar-refractivity contribution in [3.8, 4) is 6.07 Å². The molecule has 2 aromatic rings. The molecule has 5 heteroatoms. The highest BCUT2D eigenvalue weighted by atomic mass is 32.2. The van der Waals surface area contributed by atoms with E-state index in [-0.39, 0.29) is 5.57 Å². The normalized spacial score (nSPS) is 10.4. The summed E-state index contributed by atoms with van der Waals surface area (Å²) in [4.78, 5) is 16.7. The topological polar surface area (TPSA) is 62.4 Å². The molecule has 2 rings (SSSR count). The molecule has 0 aliphatic heterocycles. The van der Waals surface area contributed by atoms with Gasteiger partial charge in [0.2, 0.25) is 0 Å². The maximum absolute atomic E-state index is 12.6. The molecule has 27 heavy (non-hydrogen) atoms. The van der Waals surface area contributed by atoms with Crippen LogP contribution in [0.5, 0.6) is 0 Å². The number of methoxy groups -OCH3 is 1. The number of ether oxygens (including phenoxy) is 1. The predicted molar refractivity (Wildman–Crippen MR) is 110 cm³/mol. The first-order valence-corrected chi connectivity index (χ1v) is 9.91. The lowest BCUT2D eigenvalue weighted by atomic mass is 9.72. The van der Waals surface area contributed by atoms with E-state index in [4.69, 9.17) is 4.74 Å². The number of carbonyl (C=O) groups excluding carboxylic acids is 1. The van der Waals surface area contributed by atoms with E-state index in [0.29, 0.717) is 18.7 Å². The summed E-state index contributed by atoms with van der Waals surface area (Å²) in [6.45, 7) is 0. The molecule has 0 saturated carbocycles. The largest absolute Gasteiger partial charge is 0.465 e. The van der Waals surface area contributed by atoms with Crippen molar-refractivity contribution < 1.29 is 9.53 Å². The highest BCUT2D eigenvalue weighted by Gasteiger charge is 2.40. The van der Waals surface area contributed by atoms with Crippen molar-refractivity contribution in [3.05, 3.63) is 77.4 Å². The van der Waals surface area contributed by atoms with Crippen molar-refractivity contribution in [2.24, 2.45) is 10.4 Å². The summed E-state index contributed by atoms with van der Waals surface area (Å²) in [5, 5.41) is 10.2. The minimum Gasteiger partial charge on any atom is -0.465 e. The quantitative estimate of drug-likeness (QED) is 0.395. The smallest absolute Gasteiger partial charge is 0.344 e. The first-order chi connectivity index (χ1) is 13.1. The molecule has 0 bridgehead atoms. The monoisotopic (exact) mass is 378 g/mol. The summed E-state index contributed by atoms with van der Waals surface area (Å²) >= 11 is 1.51. The Morgan fingerprint density at radius 3 is 2.00 bits per heavy atom. The van der Waals surface area contributed by atoms with Crippen LogP contribution in [0.25, 0.3) is 0 Å². The van der Waals surface area contributed by atoms with Gasteiger partial charge in [-0.3, -0.25) is 0 Å². The van der Waals surface area contributed by atoms with E-state index in [1.165, 1.54) is 18.9 Å². The lowest BCUT2D eigenvalue weighted by Gasteiger charge is -2.27. The molecule has 0 radical (unpaired) electrons. The Bertz CT molecular complexity index is 809. The molecule has 0 N–H and O–H groups in total. The van der Waals surface area contributed by atoms with E-state index in [1.54, 1.807) is 0 Å². The van der Waals surface area contributed by atoms with E-state index in [2.05, 4.69) is 16.9 Å². The van der Waals surface area contributed by atoms with Gasteiger partial charge < -0.3 is 4.74 Å². The van der Waals surface area contributed by atoms with Crippen LogP contribution >= 0.6 is 11.8 Å². The molecule has 0 fully saturated rings. The van der Waals surface area contributed by atoms with E-state index >= 15 is 0 Å². The van der Waals surface area contributed by atoms with Gasteiger partial charge in [-0.1, -0.05) is 60.7 Å². The lowest BCUT2D eigenvalue weighted by molar-refractivity contribution is -0.136. The van der Waals surface area contributed by atoms with Crippen LogP contribution in [0.2, 0.25) is 0 Å². The maximum atomic E-state index is 12.6. The van der Waals surface area contributed by atoms with Gasteiger partial charge in [0, 0.05) is 0 Å². The third-order valence-electron chi connectivity index (χ3n) is 4.16. The number of hydrogen-bond acceptors (Lipinski definition) is 5. The van der Waals surface area contributed by atoms with Crippen LogP contribution in [0.15, 0.2) is 71.2 Å². The number of aliphatic imine (C=N–C) groups is 1. The number of carbonyl (C=O) groups is 1.